The lowest BCUT2D eigenvalue weighted by atomic mass is 9.85. The van der Waals surface area contributed by atoms with Crippen molar-refractivity contribution in [3.63, 3.8) is 0 Å². The van der Waals surface area contributed by atoms with Crippen LogP contribution in [0.25, 0.3) is 0 Å². The molecule has 1 rings (SSSR count). The molecule has 0 fully saturated rings. The molecule has 0 spiro atoms. The fourth-order valence-corrected chi connectivity index (χ4v) is 1.21. The third-order valence-electron chi connectivity index (χ3n) is 2.32. The number of ether oxygens (including phenoxy) is 1. The van der Waals surface area contributed by atoms with E-state index >= 15 is 0 Å². The maximum absolute atomic E-state index is 12.0. The molecular weight excluding hydrogens is 217 g/mol. The van der Waals surface area contributed by atoms with Crippen LogP contribution in [0.5, 0.6) is 5.75 Å². The van der Waals surface area contributed by atoms with E-state index in [9.17, 15) is 13.2 Å². The summed E-state index contributed by atoms with van der Waals surface area (Å²) < 4.78 is 39.9. The number of allylic oxidation sites excluding steroid dienone is 1. The predicted molar refractivity (Wildman–Crippen MR) is 56.3 cm³/mol. The molecule has 0 unspecified atom stereocenters. The average molecular weight is 230 g/mol. The fraction of sp³-hybridized carbons (Fsp3) is 0.333. The zero-order chi connectivity index (χ0) is 12.4. The van der Waals surface area contributed by atoms with Crippen LogP contribution in [0.15, 0.2) is 36.9 Å². The van der Waals surface area contributed by atoms with Gasteiger partial charge in [-0.1, -0.05) is 32.1 Å². The summed E-state index contributed by atoms with van der Waals surface area (Å²) in [5.74, 6) is -0.208. The Bertz CT molecular complexity index is 380. The lowest BCUT2D eigenvalue weighted by molar-refractivity contribution is -0.274. The van der Waals surface area contributed by atoms with Crippen LogP contribution in [0.1, 0.15) is 19.4 Å². The van der Waals surface area contributed by atoms with Gasteiger partial charge in [0.2, 0.25) is 0 Å². The van der Waals surface area contributed by atoms with Gasteiger partial charge in [0, 0.05) is 5.41 Å². The summed E-state index contributed by atoms with van der Waals surface area (Å²) in [5, 5.41) is 0. The number of hydrogen-bond donors (Lipinski definition) is 0. The van der Waals surface area contributed by atoms with E-state index in [1.165, 1.54) is 18.2 Å². The van der Waals surface area contributed by atoms with E-state index in [0.717, 1.165) is 5.56 Å². The van der Waals surface area contributed by atoms with E-state index in [1.807, 2.05) is 13.8 Å². The largest absolute Gasteiger partial charge is 0.573 e. The maximum atomic E-state index is 12.0. The van der Waals surface area contributed by atoms with Crippen molar-refractivity contribution in [1.82, 2.24) is 0 Å². The van der Waals surface area contributed by atoms with Gasteiger partial charge in [-0.2, -0.15) is 0 Å². The molecule has 0 saturated carbocycles. The van der Waals surface area contributed by atoms with E-state index in [2.05, 4.69) is 11.3 Å². The van der Waals surface area contributed by atoms with Crippen molar-refractivity contribution < 1.29 is 17.9 Å². The first-order valence-electron chi connectivity index (χ1n) is 4.74. The summed E-state index contributed by atoms with van der Waals surface area (Å²) in [6.07, 6.45) is -2.98. The molecular formula is C12H13F3O. The van der Waals surface area contributed by atoms with Crippen LogP contribution >= 0.6 is 0 Å². The van der Waals surface area contributed by atoms with Crippen molar-refractivity contribution in [3.8, 4) is 5.75 Å². The molecule has 0 amide bonds. The normalized spacial score (nSPS) is 12.3. The number of rotatable bonds is 3. The highest BCUT2D eigenvalue weighted by Gasteiger charge is 2.31. The number of halogens is 3. The molecule has 0 atom stereocenters. The minimum atomic E-state index is -4.66. The molecule has 0 aliphatic rings. The molecule has 0 bridgehead atoms. The van der Waals surface area contributed by atoms with Crippen LogP contribution < -0.4 is 4.74 Å². The van der Waals surface area contributed by atoms with Gasteiger partial charge < -0.3 is 4.74 Å². The van der Waals surface area contributed by atoms with Gasteiger partial charge >= 0.3 is 6.36 Å². The summed E-state index contributed by atoms with van der Waals surface area (Å²) in [5.41, 5.74) is 0.342. The van der Waals surface area contributed by atoms with Crippen LogP contribution in [0.4, 0.5) is 13.2 Å². The quantitative estimate of drug-likeness (QED) is 0.712. The highest BCUT2D eigenvalue weighted by Crippen LogP contribution is 2.29. The second-order valence-corrected chi connectivity index (χ2v) is 4.00. The Morgan fingerprint density at radius 3 is 2.38 bits per heavy atom. The van der Waals surface area contributed by atoms with Crippen LogP contribution in [-0.4, -0.2) is 6.36 Å². The van der Waals surface area contributed by atoms with Gasteiger partial charge in [0.15, 0.2) is 0 Å². The molecule has 0 aromatic heterocycles. The maximum Gasteiger partial charge on any atom is 0.573 e. The Labute approximate surface area is 92.5 Å². The van der Waals surface area contributed by atoms with Crippen LogP contribution in [0, 0.1) is 0 Å². The van der Waals surface area contributed by atoms with E-state index in [4.69, 9.17) is 0 Å². The van der Waals surface area contributed by atoms with Gasteiger partial charge in [0.1, 0.15) is 5.75 Å². The van der Waals surface area contributed by atoms with Gasteiger partial charge in [-0.15, -0.1) is 19.8 Å². The number of hydrogen-bond acceptors (Lipinski definition) is 1. The molecule has 0 aliphatic heterocycles. The smallest absolute Gasteiger partial charge is 0.406 e. The molecule has 0 saturated heterocycles. The zero-order valence-electron chi connectivity index (χ0n) is 9.14. The van der Waals surface area contributed by atoms with Gasteiger partial charge in [-0.25, -0.2) is 0 Å². The van der Waals surface area contributed by atoms with Crippen molar-refractivity contribution in [3.05, 3.63) is 42.5 Å². The molecule has 0 heterocycles. The highest BCUT2D eigenvalue weighted by atomic mass is 19.4. The third-order valence-corrected chi connectivity index (χ3v) is 2.32. The first-order chi connectivity index (χ1) is 7.24. The Kier molecular flexibility index (Phi) is 3.31. The Morgan fingerprint density at radius 2 is 1.88 bits per heavy atom. The first kappa shape index (κ1) is 12.6. The molecule has 0 aliphatic carbocycles. The van der Waals surface area contributed by atoms with E-state index < -0.39 is 6.36 Å². The van der Waals surface area contributed by atoms with Gasteiger partial charge in [0.05, 0.1) is 0 Å². The van der Waals surface area contributed by atoms with Crippen LogP contribution in [0.2, 0.25) is 0 Å². The van der Waals surface area contributed by atoms with Gasteiger partial charge in [-0.05, 0) is 17.7 Å². The average Bonchev–Trinajstić information content (AvgIpc) is 2.15. The minimum absolute atomic E-state index is 0.208. The Hall–Kier alpha value is -1.45. The first-order valence-corrected chi connectivity index (χ1v) is 4.74. The summed E-state index contributed by atoms with van der Waals surface area (Å²) in [6, 6.07) is 5.91. The van der Waals surface area contributed by atoms with Gasteiger partial charge in [-0.3, -0.25) is 0 Å². The summed E-state index contributed by atoms with van der Waals surface area (Å²) in [4.78, 5) is 0. The topological polar surface area (TPSA) is 9.23 Å². The standard InChI is InChI=1S/C12H13F3O/c1-4-11(2,3)9-6-5-7-10(8-9)16-12(13,14)15/h4-8H,1H2,2-3H3. The van der Waals surface area contributed by atoms with Crippen molar-refractivity contribution in [2.75, 3.05) is 0 Å². The molecule has 1 aromatic carbocycles. The van der Waals surface area contributed by atoms with E-state index in [1.54, 1.807) is 12.1 Å². The zero-order valence-corrected chi connectivity index (χ0v) is 9.14. The number of benzene rings is 1. The lowest BCUT2D eigenvalue weighted by Crippen LogP contribution is -2.18. The molecule has 1 aromatic rings. The molecule has 16 heavy (non-hydrogen) atoms. The third kappa shape index (κ3) is 3.29. The fourth-order valence-electron chi connectivity index (χ4n) is 1.21. The summed E-state index contributed by atoms with van der Waals surface area (Å²) >= 11 is 0. The van der Waals surface area contributed by atoms with Crippen molar-refractivity contribution >= 4 is 0 Å². The van der Waals surface area contributed by atoms with Crippen molar-refractivity contribution in [1.29, 1.82) is 0 Å². The predicted octanol–water partition coefficient (Wildman–Crippen LogP) is 4.05. The molecule has 1 nitrogen and oxygen atoms in total. The highest BCUT2D eigenvalue weighted by molar-refractivity contribution is 5.35. The molecule has 0 radical (unpaired) electrons. The Morgan fingerprint density at radius 1 is 1.25 bits per heavy atom. The summed E-state index contributed by atoms with van der Waals surface area (Å²) in [6.45, 7) is 7.39. The second-order valence-electron chi connectivity index (χ2n) is 4.00. The molecule has 4 heteroatoms. The van der Waals surface area contributed by atoms with Crippen molar-refractivity contribution in [2.45, 2.75) is 25.6 Å². The van der Waals surface area contributed by atoms with Gasteiger partial charge in [0.25, 0.3) is 0 Å². The minimum Gasteiger partial charge on any atom is -0.406 e. The SMILES string of the molecule is C=CC(C)(C)c1cccc(OC(F)(F)F)c1. The molecule has 88 valence electrons. The second kappa shape index (κ2) is 4.20. The van der Waals surface area contributed by atoms with Crippen LogP contribution in [0.3, 0.4) is 0 Å². The van der Waals surface area contributed by atoms with Crippen LogP contribution in [-0.2, 0) is 5.41 Å². The van der Waals surface area contributed by atoms with Crippen molar-refractivity contribution in [2.24, 2.45) is 0 Å². The molecule has 0 N–H and O–H groups in total. The number of alkyl halides is 3. The lowest BCUT2D eigenvalue weighted by Gasteiger charge is -2.21. The van der Waals surface area contributed by atoms with E-state index in [0.29, 0.717) is 0 Å². The summed E-state index contributed by atoms with van der Waals surface area (Å²) in [7, 11) is 0. The monoisotopic (exact) mass is 230 g/mol. The van der Waals surface area contributed by atoms with E-state index in [-0.39, 0.29) is 11.2 Å². The Balaban J connectivity index is 3.00.